The number of hydrogen-bond acceptors (Lipinski definition) is 3. The van der Waals surface area contributed by atoms with Crippen LogP contribution in [0.4, 0.5) is 0 Å². The van der Waals surface area contributed by atoms with Crippen LogP contribution in [0.1, 0.15) is 33.3 Å². The summed E-state index contributed by atoms with van der Waals surface area (Å²) in [7, 11) is -3.51. The molecule has 20 heavy (non-hydrogen) atoms. The van der Waals surface area contributed by atoms with Gasteiger partial charge >= 0.3 is 0 Å². The first-order chi connectivity index (χ1) is 9.08. The quantitative estimate of drug-likeness (QED) is 0.862. The molecule has 5 nitrogen and oxygen atoms in total. The third kappa shape index (κ3) is 4.22. The van der Waals surface area contributed by atoms with Gasteiger partial charge in [0.05, 0.1) is 15.4 Å². The van der Waals surface area contributed by atoms with Crippen molar-refractivity contribution in [3.8, 4) is 0 Å². The largest absolute Gasteiger partial charge is 0.240 e. The molecule has 0 aliphatic heterocycles. The highest BCUT2D eigenvalue weighted by molar-refractivity contribution is 7.89. The molecule has 1 atom stereocenters. The SMILES string of the molecule is CNS(=O)(=O)c1cccc(/C(C)=N/[S@@](=O)C(C)(C)C)c1. The molecule has 0 amide bonds. The Bertz CT molecular complexity index is 644. The molecule has 1 aromatic rings. The smallest absolute Gasteiger partial charge is 0.234 e. The molecule has 0 radical (unpaired) electrons. The Kier molecular flexibility index (Phi) is 5.23. The predicted octanol–water partition coefficient (Wildman–Crippen LogP) is 1.87. The van der Waals surface area contributed by atoms with Gasteiger partial charge in [-0.05, 0) is 52.4 Å². The maximum atomic E-state index is 12.0. The lowest BCUT2D eigenvalue weighted by molar-refractivity contribution is 0.588. The van der Waals surface area contributed by atoms with E-state index < -0.39 is 25.8 Å². The third-order valence-electron chi connectivity index (χ3n) is 2.57. The zero-order chi connectivity index (χ0) is 15.6. The monoisotopic (exact) mass is 316 g/mol. The lowest BCUT2D eigenvalue weighted by Gasteiger charge is -2.14. The van der Waals surface area contributed by atoms with Crippen molar-refractivity contribution < 1.29 is 12.6 Å². The minimum atomic E-state index is -3.49. The van der Waals surface area contributed by atoms with Gasteiger partial charge in [0, 0.05) is 0 Å². The molecule has 0 unspecified atom stereocenters. The summed E-state index contributed by atoms with van der Waals surface area (Å²) < 4.78 is 41.4. The van der Waals surface area contributed by atoms with E-state index in [0.717, 1.165) is 0 Å². The van der Waals surface area contributed by atoms with E-state index in [4.69, 9.17) is 0 Å². The Morgan fingerprint density at radius 2 is 1.90 bits per heavy atom. The van der Waals surface area contributed by atoms with Crippen molar-refractivity contribution in [2.24, 2.45) is 4.40 Å². The van der Waals surface area contributed by atoms with Crippen LogP contribution < -0.4 is 4.72 Å². The van der Waals surface area contributed by atoms with Crippen LogP contribution in [0.3, 0.4) is 0 Å². The van der Waals surface area contributed by atoms with Crippen LogP contribution in [-0.4, -0.2) is 30.1 Å². The number of benzene rings is 1. The van der Waals surface area contributed by atoms with Gasteiger partial charge in [-0.15, -0.1) is 0 Å². The molecule has 1 aromatic carbocycles. The highest BCUT2D eigenvalue weighted by Gasteiger charge is 2.19. The van der Waals surface area contributed by atoms with E-state index in [1.807, 2.05) is 20.8 Å². The zero-order valence-electron chi connectivity index (χ0n) is 12.3. The van der Waals surface area contributed by atoms with Crippen LogP contribution in [0, 0.1) is 0 Å². The number of hydrogen-bond donors (Lipinski definition) is 1. The maximum absolute atomic E-state index is 12.0. The Hall–Kier alpha value is -1.05. The normalized spacial score (nSPS) is 15.2. The van der Waals surface area contributed by atoms with E-state index in [1.165, 1.54) is 19.2 Å². The molecule has 0 aromatic heterocycles. The van der Waals surface area contributed by atoms with Crippen LogP contribution >= 0.6 is 0 Å². The molecule has 0 heterocycles. The van der Waals surface area contributed by atoms with E-state index in [9.17, 15) is 12.6 Å². The Labute approximate surface area is 123 Å². The van der Waals surface area contributed by atoms with Gasteiger partial charge in [-0.3, -0.25) is 0 Å². The van der Waals surface area contributed by atoms with Crippen molar-refractivity contribution in [2.75, 3.05) is 7.05 Å². The molecule has 1 N–H and O–H groups in total. The second-order valence-corrected chi connectivity index (χ2v) is 9.07. The van der Waals surface area contributed by atoms with E-state index in [2.05, 4.69) is 9.12 Å². The van der Waals surface area contributed by atoms with Crippen molar-refractivity contribution in [1.82, 2.24) is 4.72 Å². The molecular formula is C13H20N2O3S2. The summed E-state index contributed by atoms with van der Waals surface area (Å²) in [6.45, 7) is 7.22. The average molecular weight is 316 g/mol. The molecular weight excluding hydrogens is 296 g/mol. The fraction of sp³-hybridized carbons (Fsp3) is 0.462. The number of sulfonamides is 1. The summed E-state index contributed by atoms with van der Waals surface area (Å²) in [6, 6.07) is 6.40. The van der Waals surface area contributed by atoms with Crippen LogP contribution in [0.2, 0.25) is 0 Å². The first-order valence-electron chi connectivity index (χ1n) is 6.09. The molecule has 0 aliphatic carbocycles. The van der Waals surface area contributed by atoms with Gasteiger partial charge in [0.2, 0.25) is 10.0 Å². The Morgan fingerprint density at radius 3 is 2.40 bits per heavy atom. The van der Waals surface area contributed by atoms with Crippen LogP contribution in [0.25, 0.3) is 0 Å². The summed E-state index contributed by atoms with van der Waals surface area (Å²) in [5, 5.41) is 0. The van der Waals surface area contributed by atoms with Gasteiger partial charge in [-0.2, -0.15) is 4.40 Å². The van der Waals surface area contributed by atoms with Crippen molar-refractivity contribution in [2.45, 2.75) is 37.3 Å². The highest BCUT2D eigenvalue weighted by Crippen LogP contribution is 2.16. The fourth-order valence-electron chi connectivity index (χ4n) is 1.32. The number of nitrogens with one attached hydrogen (secondary N) is 1. The minimum Gasteiger partial charge on any atom is -0.234 e. The lowest BCUT2D eigenvalue weighted by atomic mass is 10.1. The van der Waals surface area contributed by atoms with E-state index in [-0.39, 0.29) is 4.90 Å². The first-order valence-corrected chi connectivity index (χ1v) is 8.68. The number of rotatable bonds is 4. The summed E-state index contributed by atoms with van der Waals surface area (Å²) in [4.78, 5) is 0.161. The Balaban J connectivity index is 3.20. The lowest BCUT2D eigenvalue weighted by Crippen LogP contribution is -2.21. The van der Waals surface area contributed by atoms with Crippen molar-refractivity contribution in [3.63, 3.8) is 0 Å². The van der Waals surface area contributed by atoms with Crippen LogP contribution in [0.5, 0.6) is 0 Å². The van der Waals surface area contributed by atoms with Crippen molar-refractivity contribution >= 4 is 26.7 Å². The maximum Gasteiger partial charge on any atom is 0.240 e. The van der Waals surface area contributed by atoms with Crippen molar-refractivity contribution in [1.29, 1.82) is 0 Å². The zero-order valence-corrected chi connectivity index (χ0v) is 13.9. The standard InChI is InChI=1S/C13H20N2O3S2/c1-10(15-19(16)13(2,3)4)11-7-6-8-12(9-11)20(17,18)14-5/h6-9,14H,1-5H3/b15-10+/t19-/m0/s1. The number of nitrogens with zero attached hydrogens (tertiary/aromatic N) is 1. The van der Waals surface area contributed by atoms with Gasteiger partial charge in [0.1, 0.15) is 11.0 Å². The second kappa shape index (κ2) is 6.15. The molecule has 0 bridgehead atoms. The van der Waals surface area contributed by atoms with Gasteiger partial charge in [-0.1, -0.05) is 12.1 Å². The first kappa shape index (κ1) is 17.0. The minimum absolute atomic E-state index is 0.161. The van der Waals surface area contributed by atoms with Crippen LogP contribution in [0.15, 0.2) is 33.6 Å². The molecule has 7 heteroatoms. The van der Waals surface area contributed by atoms with Crippen LogP contribution in [-0.2, 0) is 21.0 Å². The van der Waals surface area contributed by atoms with Gasteiger partial charge < -0.3 is 0 Å². The van der Waals surface area contributed by atoms with E-state index >= 15 is 0 Å². The van der Waals surface area contributed by atoms with Gasteiger partial charge in [0.15, 0.2) is 0 Å². The molecule has 1 rings (SSSR count). The fourth-order valence-corrected chi connectivity index (χ4v) is 2.72. The van der Waals surface area contributed by atoms with Crippen molar-refractivity contribution in [3.05, 3.63) is 29.8 Å². The van der Waals surface area contributed by atoms with Gasteiger partial charge in [0.25, 0.3) is 0 Å². The molecule has 0 spiro atoms. The molecule has 0 aliphatic rings. The predicted molar refractivity (Wildman–Crippen MR) is 82.8 cm³/mol. The summed E-state index contributed by atoms with van der Waals surface area (Å²) in [5.41, 5.74) is 1.19. The van der Waals surface area contributed by atoms with E-state index in [0.29, 0.717) is 11.3 Å². The third-order valence-corrected chi connectivity index (χ3v) is 5.47. The summed E-state index contributed by atoms with van der Waals surface area (Å²) in [6.07, 6.45) is 0. The van der Waals surface area contributed by atoms with Gasteiger partial charge in [-0.25, -0.2) is 17.3 Å². The molecule has 112 valence electrons. The summed E-state index contributed by atoms with van der Waals surface area (Å²) >= 11 is 0. The summed E-state index contributed by atoms with van der Waals surface area (Å²) in [5.74, 6) is 0. The molecule has 0 fully saturated rings. The Morgan fingerprint density at radius 1 is 1.30 bits per heavy atom. The topological polar surface area (TPSA) is 75.6 Å². The highest BCUT2D eigenvalue weighted by atomic mass is 32.2. The molecule has 0 saturated carbocycles. The molecule has 0 saturated heterocycles. The average Bonchev–Trinajstić information content (AvgIpc) is 2.37. The van der Waals surface area contributed by atoms with E-state index in [1.54, 1.807) is 19.1 Å². The second-order valence-electron chi connectivity index (χ2n) is 5.27.